The molecule has 0 saturated heterocycles. The van der Waals surface area contributed by atoms with Gasteiger partial charge in [-0.15, -0.1) is 0 Å². The van der Waals surface area contributed by atoms with E-state index in [2.05, 4.69) is 19.2 Å². The van der Waals surface area contributed by atoms with Crippen LogP contribution in [-0.4, -0.2) is 36.0 Å². The van der Waals surface area contributed by atoms with Crippen molar-refractivity contribution in [1.82, 2.24) is 0 Å². The molecule has 9 heteroatoms. The van der Waals surface area contributed by atoms with Crippen LogP contribution in [0.5, 0.6) is 17.2 Å². The zero-order valence-electron chi connectivity index (χ0n) is 16.6. The fourth-order valence-electron chi connectivity index (χ4n) is 2.48. The maximum Gasteiger partial charge on any atom is 0.411 e. The van der Waals surface area contributed by atoms with E-state index in [0.717, 1.165) is 11.3 Å². The summed E-state index contributed by atoms with van der Waals surface area (Å²) in [7, 11) is 0.582. The van der Waals surface area contributed by atoms with Gasteiger partial charge in [0.1, 0.15) is 18.1 Å². The van der Waals surface area contributed by atoms with E-state index in [1.165, 1.54) is 18.4 Å². The average molecular weight is 460 g/mol. The summed E-state index contributed by atoms with van der Waals surface area (Å²) in [6.07, 6.45) is 0.847. The predicted molar refractivity (Wildman–Crippen MR) is 118 cm³/mol. The molecule has 1 N–H and O–H groups in total. The molecule has 0 bridgehead atoms. The Hall–Kier alpha value is -1.96. The third-order valence-electron chi connectivity index (χ3n) is 3.89. The number of rotatable bonds is 8. The van der Waals surface area contributed by atoms with E-state index in [9.17, 15) is 9.00 Å². The predicted octanol–water partition coefficient (Wildman–Crippen LogP) is 5.84. The molecule has 2 rings (SSSR count). The quantitative estimate of drug-likeness (QED) is 0.536. The molecule has 0 aliphatic heterocycles. The minimum Gasteiger partial charge on any atom is -0.496 e. The molecule has 2 aromatic carbocycles. The number of carbonyl (C=O) groups is 1. The number of ether oxygens (including phenoxy) is 3. The van der Waals surface area contributed by atoms with Crippen LogP contribution in [0.15, 0.2) is 30.3 Å². The first-order valence-corrected chi connectivity index (χ1v) is 11.3. The maximum absolute atomic E-state index is 11.8. The molecule has 1 unspecified atom stereocenters. The third kappa shape index (κ3) is 6.80. The first-order chi connectivity index (χ1) is 13.7. The van der Waals surface area contributed by atoms with Gasteiger partial charge in [0.05, 0.1) is 22.9 Å². The number of halogens is 2. The van der Waals surface area contributed by atoms with Crippen LogP contribution in [0.1, 0.15) is 25.3 Å². The second kappa shape index (κ2) is 10.7. The van der Waals surface area contributed by atoms with Crippen molar-refractivity contribution in [3.63, 3.8) is 0 Å². The molecule has 0 aliphatic rings. The summed E-state index contributed by atoms with van der Waals surface area (Å²) in [6, 6.07) is 8.47. The average Bonchev–Trinajstić information content (AvgIpc) is 2.64. The van der Waals surface area contributed by atoms with Gasteiger partial charge in [-0.05, 0) is 36.2 Å². The largest absolute Gasteiger partial charge is 0.496 e. The molecule has 158 valence electrons. The molecule has 0 aromatic heterocycles. The molecule has 0 radical (unpaired) electrons. The Morgan fingerprint density at radius 2 is 1.83 bits per heavy atom. The molecule has 29 heavy (non-hydrogen) atoms. The standard InChI is InChI=1S/C20H23Cl2NO5S/c1-12(2)15-11-14(5-6-18(15)26-3)28-19-16(21)9-13(10-17(19)22)23-20(24)27-7-8-29(4)25/h5-6,9-12H,7-8H2,1-4H3,(H,23,24). The SMILES string of the molecule is COc1ccc(Oc2c(Cl)cc(NC(=O)OCCS(C)=O)cc2Cl)cc1C(C)C. The van der Waals surface area contributed by atoms with Gasteiger partial charge in [-0.1, -0.05) is 37.0 Å². The van der Waals surface area contributed by atoms with E-state index in [0.29, 0.717) is 11.4 Å². The van der Waals surface area contributed by atoms with Crippen LogP contribution in [0.25, 0.3) is 0 Å². The summed E-state index contributed by atoms with van der Waals surface area (Å²) < 4.78 is 27.2. The molecular weight excluding hydrogens is 437 g/mol. The van der Waals surface area contributed by atoms with Gasteiger partial charge in [0, 0.05) is 28.3 Å². The Morgan fingerprint density at radius 1 is 1.17 bits per heavy atom. The van der Waals surface area contributed by atoms with E-state index in [4.69, 9.17) is 37.4 Å². The number of methoxy groups -OCH3 is 1. The molecule has 2 aromatic rings. The summed E-state index contributed by atoms with van der Waals surface area (Å²) in [5.41, 5.74) is 1.35. The van der Waals surface area contributed by atoms with Crippen molar-refractivity contribution in [3.8, 4) is 17.2 Å². The fourth-order valence-corrected chi connectivity index (χ4v) is 3.36. The first kappa shape index (κ1) is 23.3. The zero-order valence-corrected chi connectivity index (χ0v) is 18.9. The van der Waals surface area contributed by atoms with Crippen LogP contribution in [0.4, 0.5) is 10.5 Å². The van der Waals surface area contributed by atoms with E-state index < -0.39 is 16.9 Å². The molecule has 0 fully saturated rings. The molecule has 0 spiro atoms. The first-order valence-electron chi connectivity index (χ1n) is 8.80. The third-order valence-corrected chi connectivity index (χ3v) is 5.19. The van der Waals surface area contributed by atoms with Crippen molar-refractivity contribution in [3.05, 3.63) is 45.9 Å². The fraction of sp³-hybridized carbons (Fsp3) is 0.350. The Bertz CT molecular complexity index is 881. The van der Waals surface area contributed by atoms with Gasteiger partial charge in [-0.2, -0.15) is 0 Å². The Balaban J connectivity index is 2.14. The summed E-state index contributed by atoms with van der Waals surface area (Å²) >= 11 is 12.6. The van der Waals surface area contributed by atoms with Crippen molar-refractivity contribution in [2.75, 3.05) is 31.0 Å². The Kier molecular flexibility index (Phi) is 8.61. The highest BCUT2D eigenvalue weighted by molar-refractivity contribution is 7.84. The summed E-state index contributed by atoms with van der Waals surface area (Å²) in [4.78, 5) is 11.8. The van der Waals surface area contributed by atoms with Crippen molar-refractivity contribution in [2.24, 2.45) is 0 Å². The zero-order chi connectivity index (χ0) is 21.6. The molecule has 0 heterocycles. The number of anilines is 1. The molecule has 0 aliphatic carbocycles. The van der Waals surface area contributed by atoms with Gasteiger partial charge in [-0.25, -0.2) is 4.79 Å². The second-order valence-electron chi connectivity index (χ2n) is 6.47. The van der Waals surface area contributed by atoms with Gasteiger partial charge in [0.15, 0.2) is 5.75 Å². The van der Waals surface area contributed by atoms with E-state index in [-0.39, 0.29) is 34.1 Å². The van der Waals surface area contributed by atoms with Crippen LogP contribution in [0.2, 0.25) is 10.0 Å². The van der Waals surface area contributed by atoms with E-state index in [1.807, 2.05) is 12.1 Å². The topological polar surface area (TPSA) is 73.9 Å². The number of nitrogens with one attached hydrogen (secondary N) is 1. The van der Waals surface area contributed by atoms with Gasteiger partial charge in [0.2, 0.25) is 0 Å². The lowest BCUT2D eigenvalue weighted by molar-refractivity contribution is 0.169. The van der Waals surface area contributed by atoms with Crippen LogP contribution in [0, 0.1) is 0 Å². The minimum atomic E-state index is -1.04. The normalized spacial score (nSPS) is 11.8. The van der Waals surface area contributed by atoms with Gasteiger partial charge < -0.3 is 14.2 Å². The second-order valence-corrected chi connectivity index (χ2v) is 8.84. The number of carbonyl (C=O) groups excluding carboxylic acids is 1. The Morgan fingerprint density at radius 3 is 2.38 bits per heavy atom. The minimum absolute atomic E-state index is 0.0489. The smallest absolute Gasteiger partial charge is 0.411 e. The lowest BCUT2D eigenvalue weighted by atomic mass is 10.0. The lowest BCUT2D eigenvalue weighted by Crippen LogP contribution is -2.17. The summed E-state index contributed by atoms with van der Waals surface area (Å²) in [6.45, 7) is 4.16. The number of hydrogen-bond acceptors (Lipinski definition) is 5. The molecule has 6 nitrogen and oxygen atoms in total. The number of amides is 1. The van der Waals surface area contributed by atoms with E-state index in [1.54, 1.807) is 13.2 Å². The van der Waals surface area contributed by atoms with Crippen molar-refractivity contribution >= 4 is 45.8 Å². The van der Waals surface area contributed by atoms with Crippen LogP contribution in [-0.2, 0) is 15.5 Å². The number of hydrogen-bond donors (Lipinski definition) is 1. The van der Waals surface area contributed by atoms with Crippen molar-refractivity contribution < 1.29 is 23.2 Å². The van der Waals surface area contributed by atoms with Gasteiger partial charge >= 0.3 is 6.09 Å². The molecular formula is C20H23Cl2NO5S. The Labute approximate surface area is 182 Å². The molecule has 0 saturated carbocycles. The monoisotopic (exact) mass is 459 g/mol. The van der Waals surface area contributed by atoms with Gasteiger partial charge in [0.25, 0.3) is 0 Å². The maximum atomic E-state index is 11.8. The highest BCUT2D eigenvalue weighted by Crippen LogP contribution is 2.40. The lowest BCUT2D eigenvalue weighted by Gasteiger charge is -2.16. The highest BCUT2D eigenvalue weighted by atomic mass is 35.5. The van der Waals surface area contributed by atoms with Crippen LogP contribution >= 0.6 is 23.2 Å². The van der Waals surface area contributed by atoms with Crippen LogP contribution < -0.4 is 14.8 Å². The summed E-state index contributed by atoms with van der Waals surface area (Å²) in [5, 5.41) is 2.98. The van der Waals surface area contributed by atoms with Crippen LogP contribution in [0.3, 0.4) is 0 Å². The number of benzene rings is 2. The summed E-state index contributed by atoms with van der Waals surface area (Å²) in [5.74, 6) is 2.11. The van der Waals surface area contributed by atoms with E-state index >= 15 is 0 Å². The molecule has 1 amide bonds. The highest BCUT2D eigenvalue weighted by Gasteiger charge is 2.15. The molecule has 1 atom stereocenters. The van der Waals surface area contributed by atoms with Crippen molar-refractivity contribution in [2.45, 2.75) is 19.8 Å². The van der Waals surface area contributed by atoms with Crippen molar-refractivity contribution in [1.29, 1.82) is 0 Å². The van der Waals surface area contributed by atoms with Gasteiger partial charge in [-0.3, -0.25) is 9.53 Å².